The lowest BCUT2D eigenvalue weighted by molar-refractivity contribution is 0.116. The van der Waals surface area contributed by atoms with E-state index in [2.05, 4.69) is 12.1 Å². The van der Waals surface area contributed by atoms with Gasteiger partial charge in [-0.25, -0.2) is 0 Å². The molecule has 0 unspecified atom stereocenters. The van der Waals surface area contributed by atoms with Gasteiger partial charge in [-0.2, -0.15) is 0 Å². The van der Waals surface area contributed by atoms with Gasteiger partial charge < -0.3 is 15.7 Å². The molecule has 3 N–H and O–H groups in total. The Morgan fingerprint density at radius 3 is 2.68 bits per heavy atom. The summed E-state index contributed by atoms with van der Waals surface area (Å²) in [5, 5.41) is 11.8. The van der Waals surface area contributed by atoms with Crippen molar-refractivity contribution in [2.24, 2.45) is 10.9 Å². The minimum Gasteiger partial charge on any atom is -0.409 e. The third-order valence-electron chi connectivity index (χ3n) is 3.05. The predicted molar refractivity (Wildman–Crippen MR) is 77.4 cm³/mol. The van der Waals surface area contributed by atoms with Crippen molar-refractivity contribution >= 4 is 5.84 Å². The van der Waals surface area contributed by atoms with Crippen molar-refractivity contribution < 1.29 is 9.94 Å². The van der Waals surface area contributed by atoms with Gasteiger partial charge in [0.05, 0.1) is 6.61 Å². The average molecular weight is 264 g/mol. The van der Waals surface area contributed by atoms with Crippen LogP contribution >= 0.6 is 0 Å². The molecule has 4 nitrogen and oxygen atoms in total. The lowest BCUT2D eigenvalue weighted by Gasteiger charge is -2.09. The SMILES string of the molecule is CCCCCCCOCc1ccccc1/C(N)=N/O. The quantitative estimate of drug-likeness (QED) is 0.236. The van der Waals surface area contributed by atoms with Gasteiger partial charge in [0.1, 0.15) is 0 Å². The van der Waals surface area contributed by atoms with Crippen LogP contribution in [0.25, 0.3) is 0 Å². The number of rotatable bonds is 9. The summed E-state index contributed by atoms with van der Waals surface area (Å²) >= 11 is 0. The van der Waals surface area contributed by atoms with Crippen molar-refractivity contribution in [1.29, 1.82) is 0 Å². The van der Waals surface area contributed by atoms with E-state index in [-0.39, 0.29) is 5.84 Å². The topological polar surface area (TPSA) is 67.8 Å². The summed E-state index contributed by atoms with van der Waals surface area (Å²) in [6.07, 6.45) is 6.14. The van der Waals surface area contributed by atoms with Gasteiger partial charge in [0.15, 0.2) is 5.84 Å². The number of hydrogen-bond donors (Lipinski definition) is 2. The van der Waals surface area contributed by atoms with Crippen LogP contribution in [0.1, 0.15) is 50.2 Å². The zero-order valence-corrected chi connectivity index (χ0v) is 11.6. The van der Waals surface area contributed by atoms with E-state index in [1.54, 1.807) is 0 Å². The summed E-state index contributed by atoms with van der Waals surface area (Å²) in [6, 6.07) is 7.55. The Hall–Kier alpha value is -1.55. The monoisotopic (exact) mass is 264 g/mol. The molecular formula is C15H24N2O2. The van der Waals surface area contributed by atoms with Crippen LogP contribution in [0.4, 0.5) is 0 Å². The molecule has 0 spiro atoms. The molecule has 0 saturated carbocycles. The number of benzene rings is 1. The van der Waals surface area contributed by atoms with Crippen LogP contribution in [-0.2, 0) is 11.3 Å². The summed E-state index contributed by atoms with van der Waals surface area (Å²) < 4.78 is 5.64. The standard InChI is InChI=1S/C15H24N2O2/c1-2-3-4-5-8-11-19-12-13-9-6-7-10-14(13)15(16)17-18/h6-7,9-10,18H,2-5,8,11-12H2,1H3,(H2,16,17). The Morgan fingerprint density at radius 1 is 1.21 bits per heavy atom. The minimum atomic E-state index is 0.127. The summed E-state index contributed by atoms with van der Waals surface area (Å²) in [5.74, 6) is 0.127. The van der Waals surface area contributed by atoms with E-state index in [1.165, 1.54) is 25.7 Å². The van der Waals surface area contributed by atoms with E-state index in [0.717, 1.165) is 24.2 Å². The van der Waals surface area contributed by atoms with Crippen LogP contribution in [0.2, 0.25) is 0 Å². The predicted octanol–water partition coefficient (Wildman–Crippen LogP) is 3.27. The fourth-order valence-corrected chi connectivity index (χ4v) is 1.94. The van der Waals surface area contributed by atoms with Gasteiger partial charge in [-0.3, -0.25) is 0 Å². The fourth-order valence-electron chi connectivity index (χ4n) is 1.94. The molecular weight excluding hydrogens is 240 g/mol. The van der Waals surface area contributed by atoms with Gasteiger partial charge in [0, 0.05) is 12.2 Å². The smallest absolute Gasteiger partial charge is 0.170 e. The molecule has 19 heavy (non-hydrogen) atoms. The van der Waals surface area contributed by atoms with Gasteiger partial charge >= 0.3 is 0 Å². The third kappa shape index (κ3) is 5.75. The first-order valence-corrected chi connectivity index (χ1v) is 6.93. The van der Waals surface area contributed by atoms with Crippen molar-refractivity contribution in [2.75, 3.05) is 6.61 Å². The van der Waals surface area contributed by atoms with E-state index in [9.17, 15) is 0 Å². The van der Waals surface area contributed by atoms with Crippen LogP contribution in [0, 0.1) is 0 Å². The van der Waals surface area contributed by atoms with Gasteiger partial charge in [0.2, 0.25) is 0 Å². The first kappa shape index (κ1) is 15.5. The molecule has 0 bridgehead atoms. The molecule has 1 rings (SSSR count). The van der Waals surface area contributed by atoms with Crippen molar-refractivity contribution in [3.05, 3.63) is 35.4 Å². The minimum absolute atomic E-state index is 0.127. The lowest BCUT2D eigenvalue weighted by atomic mass is 10.1. The molecule has 0 radical (unpaired) electrons. The van der Waals surface area contributed by atoms with Crippen molar-refractivity contribution in [2.45, 2.75) is 45.6 Å². The Balaban J connectivity index is 2.33. The molecule has 106 valence electrons. The van der Waals surface area contributed by atoms with Gasteiger partial charge in [-0.1, -0.05) is 62.0 Å². The van der Waals surface area contributed by atoms with E-state index in [0.29, 0.717) is 6.61 Å². The first-order valence-electron chi connectivity index (χ1n) is 6.93. The Morgan fingerprint density at radius 2 is 1.95 bits per heavy atom. The second-order valence-electron chi connectivity index (χ2n) is 4.61. The Labute approximate surface area is 115 Å². The molecule has 0 amide bonds. The van der Waals surface area contributed by atoms with Gasteiger partial charge in [-0.05, 0) is 12.0 Å². The number of nitrogens with zero attached hydrogens (tertiary/aromatic N) is 1. The molecule has 0 atom stereocenters. The molecule has 4 heteroatoms. The Bertz CT molecular complexity index is 391. The number of oxime groups is 1. The van der Waals surface area contributed by atoms with E-state index in [1.807, 2.05) is 24.3 Å². The largest absolute Gasteiger partial charge is 0.409 e. The summed E-state index contributed by atoms with van der Waals surface area (Å²) in [7, 11) is 0. The fraction of sp³-hybridized carbons (Fsp3) is 0.533. The van der Waals surface area contributed by atoms with Crippen LogP contribution < -0.4 is 5.73 Å². The van der Waals surface area contributed by atoms with E-state index < -0.39 is 0 Å². The van der Waals surface area contributed by atoms with Gasteiger partial charge in [0.25, 0.3) is 0 Å². The van der Waals surface area contributed by atoms with Crippen molar-refractivity contribution in [1.82, 2.24) is 0 Å². The molecule has 0 aliphatic rings. The maximum Gasteiger partial charge on any atom is 0.170 e. The summed E-state index contributed by atoms with van der Waals surface area (Å²) in [5.41, 5.74) is 7.31. The maximum absolute atomic E-state index is 8.73. The van der Waals surface area contributed by atoms with Crippen molar-refractivity contribution in [3.63, 3.8) is 0 Å². The van der Waals surface area contributed by atoms with E-state index >= 15 is 0 Å². The number of unbranched alkanes of at least 4 members (excludes halogenated alkanes) is 4. The van der Waals surface area contributed by atoms with Crippen molar-refractivity contribution in [3.8, 4) is 0 Å². The summed E-state index contributed by atoms with van der Waals surface area (Å²) in [4.78, 5) is 0. The molecule has 0 aliphatic carbocycles. The third-order valence-corrected chi connectivity index (χ3v) is 3.05. The molecule has 1 aromatic rings. The molecule has 1 aromatic carbocycles. The number of hydrogen-bond acceptors (Lipinski definition) is 3. The molecule has 0 aliphatic heterocycles. The highest BCUT2D eigenvalue weighted by Crippen LogP contribution is 2.10. The highest BCUT2D eigenvalue weighted by atomic mass is 16.5. The first-order chi connectivity index (χ1) is 9.29. The van der Waals surface area contributed by atoms with Gasteiger partial charge in [-0.15, -0.1) is 0 Å². The highest BCUT2D eigenvalue weighted by Gasteiger charge is 2.05. The lowest BCUT2D eigenvalue weighted by Crippen LogP contribution is -2.16. The summed E-state index contributed by atoms with van der Waals surface area (Å²) in [6.45, 7) is 3.47. The normalized spacial score (nSPS) is 11.7. The van der Waals surface area contributed by atoms with Crippen LogP contribution in [0.5, 0.6) is 0 Å². The zero-order chi connectivity index (χ0) is 13.9. The maximum atomic E-state index is 8.73. The molecule has 0 saturated heterocycles. The molecule has 0 aromatic heterocycles. The zero-order valence-electron chi connectivity index (χ0n) is 11.6. The highest BCUT2D eigenvalue weighted by molar-refractivity contribution is 5.98. The van der Waals surface area contributed by atoms with Crippen LogP contribution in [0.3, 0.4) is 0 Å². The molecule has 0 heterocycles. The number of amidine groups is 1. The van der Waals surface area contributed by atoms with E-state index in [4.69, 9.17) is 15.7 Å². The molecule has 0 fully saturated rings. The number of nitrogens with two attached hydrogens (primary N) is 1. The second-order valence-corrected chi connectivity index (χ2v) is 4.61. The second kappa shape index (κ2) is 9.39. The Kier molecular flexibility index (Phi) is 7.66. The average Bonchev–Trinajstić information content (AvgIpc) is 2.46. The van der Waals surface area contributed by atoms with Crippen LogP contribution in [0.15, 0.2) is 29.4 Å². The number of ether oxygens (including phenoxy) is 1. The van der Waals surface area contributed by atoms with Crippen LogP contribution in [-0.4, -0.2) is 17.6 Å².